The fourth-order valence-electron chi connectivity index (χ4n) is 2.82. The third kappa shape index (κ3) is 2.65. The Morgan fingerprint density at radius 2 is 1.90 bits per heavy atom. The van der Waals surface area contributed by atoms with E-state index in [4.69, 9.17) is 5.73 Å². The standard InChI is InChI=1S/C16H19N3O/c17-12-7-5-11(6-8-12)16(20)19-15-9-10-18-14-4-2-1-3-13(14)15/h1-4,9-12H,5-8,17H2,(H,18,19,20)/t11-,12-. The molecule has 104 valence electrons. The second-order valence-electron chi connectivity index (χ2n) is 5.48. The summed E-state index contributed by atoms with van der Waals surface area (Å²) in [5, 5.41) is 4.03. The first kappa shape index (κ1) is 13.1. The molecular formula is C16H19N3O. The number of benzene rings is 1. The molecule has 1 heterocycles. The van der Waals surface area contributed by atoms with Crippen molar-refractivity contribution in [2.24, 2.45) is 11.7 Å². The van der Waals surface area contributed by atoms with Gasteiger partial charge in [-0.15, -0.1) is 0 Å². The Balaban J connectivity index is 1.77. The van der Waals surface area contributed by atoms with Crippen LogP contribution in [0.15, 0.2) is 36.5 Å². The molecule has 0 radical (unpaired) electrons. The molecule has 1 saturated carbocycles. The van der Waals surface area contributed by atoms with Crippen molar-refractivity contribution in [1.82, 2.24) is 4.98 Å². The summed E-state index contributed by atoms with van der Waals surface area (Å²) in [6.07, 6.45) is 5.38. The number of carbonyl (C=O) groups is 1. The molecule has 0 atom stereocenters. The summed E-state index contributed by atoms with van der Waals surface area (Å²) in [4.78, 5) is 16.6. The number of pyridine rings is 1. The lowest BCUT2D eigenvalue weighted by Crippen LogP contribution is -2.32. The highest BCUT2D eigenvalue weighted by molar-refractivity contribution is 6.01. The van der Waals surface area contributed by atoms with E-state index in [1.54, 1.807) is 6.20 Å². The van der Waals surface area contributed by atoms with Crippen LogP contribution < -0.4 is 11.1 Å². The minimum absolute atomic E-state index is 0.0849. The predicted molar refractivity (Wildman–Crippen MR) is 80.3 cm³/mol. The van der Waals surface area contributed by atoms with Crippen molar-refractivity contribution < 1.29 is 4.79 Å². The number of nitrogens with zero attached hydrogens (tertiary/aromatic N) is 1. The van der Waals surface area contributed by atoms with E-state index in [2.05, 4.69) is 10.3 Å². The predicted octanol–water partition coefficient (Wildman–Crippen LogP) is 2.69. The molecule has 1 aromatic carbocycles. The van der Waals surface area contributed by atoms with Crippen molar-refractivity contribution >= 4 is 22.5 Å². The first-order valence-electron chi connectivity index (χ1n) is 7.14. The molecule has 4 nitrogen and oxygen atoms in total. The van der Waals surface area contributed by atoms with E-state index >= 15 is 0 Å². The maximum absolute atomic E-state index is 12.3. The van der Waals surface area contributed by atoms with Gasteiger partial charge in [0.1, 0.15) is 0 Å². The highest BCUT2D eigenvalue weighted by Gasteiger charge is 2.24. The second-order valence-corrected chi connectivity index (χ2v) is 5.48. The van der Waals surface area contributed by atoms with Gasteiger partial charge in [-0.1, -0.05) is 18.2 Å². The first-order valence-corrected chi connectivity index (χ1v) is 7.14. The number of carbonyl (C=O) groups excluding carboxylic acids is 1. The van der Waals surface area contributed by atoms with Crippen molar-refractivity contribution in [3.05, 3.63) is 36.5 Å². The molecule has 3 N–H and O–H groups in total. The zero-order chi connectivity index (χ0) is 13.9. The summed E-state index contributed by atoms with van der Waals surface area (Å²) in [6, 6.07) is 9.96. The molecule has 0 saturated heterocycles. The number of nitrogens with one attached hydrogen (secondary N) is 1. The van der Waals surface area contributed by atoms with E-state index in [9.17, 15) is 4.79 Å². The van der Waals surface area contributed by atoms with E-state index < -0.39 is 0 Å². The van der Waals surface area contributed by atoms with Crippen LogP contribution in [0.25, 0.3) is 10.9 Å². The number of anilines is 1. The lowest BCUT2D eigenvalue weighted by Gasteiger charge is -2.25. The van der Waals surface area contributed by atoms with Gasteiger partial charge in [-0.3, -0.25) is 9.78 Å². The Hall–Kier alpha value is -1.94. The average molecular weight is 269 g/mol. The Kier molecular flexibility index (Phi) is 3.65. The third-order valence-corrected chi connectivity index (χ3v) is 4.05. The number of nitrogens with two attached hydrogens (primary N) is 1. The number of hydrogen-bond acceptors (Lipinski definition) is 3. The molecule has 1 aliphatic rings. The Bertz CT molecular complexity index is 613. The fraction of sp³-hybridized carbons (Fsp3) is 0.375. The average Bonchev–Trinajstić information content (AvgIpc) is 2.48. The van der Waals surface area contributed by atoms with Gasteiger partial charge in [0.25, 0.3) is 0 Å². The summed E-state index contributed by atoms with van der Waals surface area (Å²) in [7, 11) is 0. The summed E-state index contributed by atoms with van der Waals surface area (Å²) >= 11 is 0. The van der Waals surface area contributed by atoms with Gasteiger partial charge in [-0.2, -0.15) is 0 Å². The van der Waals surface area contributed by atoms with E-state index in [0.717, 1.165) is 42.3 Å². The van der Waals surface area contributed by atoms with E-state index in [1.165, 1.54) is 0 Å². The maximum atomic E-state index is 12.3. The molecule has 3 rings (SSSR count). The summed E-state index contributed by atoms with van der Waals surface area (Å²) in [6.45, 7) is 0. The minimum atomic E-state index is 0.0849. The molecule has 20 heavy (non-hydrogen) atoms. The number of amides is 1. The molecule has 0 bridgehead atoms. The van der Waals surface area contributed by atoms with Crippen molar-refractivity contribution in [2.45, 2.75) is 31.7 Å². The highest BCUT2D eigenvalue weighted by Crippen LogP contribution is 2.26. The number of hydrogen-bond donors (Lipinski definition) is 2. The van der Waals surface area contributed by atoms with E-state index in [-0.39, 0.29) is 17.9 Å². The van der Waals surface area contributed by atoms with Gasteiger partial charge in [0.05, 0.1) is 11.2 Å². The molecule has 1 amide bonds. The molecule has 0 unspecified atom stereocenters. The zero-order valence-electron chi connectivity index (χ0n) is 11.4. The summed E-state index contributed by atoms with van der Waals surface area (Å²) in [5.41, 5.74) is 7.63. The number of aromatic nitrogens is 1. The van der Waals surface area contributed by atoms with Crippen LogP contribution in [0.1, 0.15) is 25.7 Å². The number of rotatable bonds is 2. The van der Waals surface area contributed by atoms with Crippen molar-refractivity contribution in [3.63, 3.8) is 0 Å². The fourth-order valence-corrected chi connectivity index (χ4v) is 2.82. The van der Waals surface area contributed by atoms with Gasteiger partial charge in [0.15, 0.2) is 0 Å². The van der Waals surface area contributed by atoms with Crippen molar-refractivity contribution in [3.8, 4) is 0 Å². The van der Waals surface area contributed by atoms with Crippen LogP contribution in [0.3, 0.4) is 0 Å². The van der Waals surface area contributed by atoms with Crippen LogP contribution in [-0.4, -0.2) is 16.9 Å². The Morgan fingerprint density at radius 3 is 2.70 bits per heavy atom. The quantitative estimate of drug-likeness (QED) is 0.880. The minimum Gasteiger partial charge on any atom is -0.328 e. The van der Waals surface area contributed by atoms with Crippen LogP contribution in [0, 0.1) is 5.92 Å². The SMILES string of the molecule is N[C@H]1CC[C@H](C(=O)Nc2ccnc3ccccc23)CC1. The topological polar surface area (TPSA) is 68.0 Å². The Morgan fingerprint density at radius 1 is 1.15 bits per heavy atom. The van der Waals surface area contributed by atoms with Gasteiger partial charge < -0.3 is 11.1 Å². The molecule has 1 aliphatic carbocycles. The molecule has 4 heteroatoms. The van der Waals surface area contributed by atoms with Gasteiger partial charge >= 0.3 is 0 Å². The first-order chi connectivity index (χ1) is 9.74. The molecular weight excluding hydrogens is 250 g/mol. The van der Waals surface area contributed by atoms with Gasteiger partial charge in [-0.25, -0.2) is 0 Å². The maximum Gasteiger partial charge on any atom is 0.227 e. The molecule has 1 fully saturated rings. The van der Waals surface area contributed by atoms with Crippen LogP contribution in [0.5, 0.6) is 0 Å². The normalized spacial score (nSPS) is 22.6. The largest absolute Gasteiger partial charge is 0.328 e. The van der Waals surface area contributed by atoms with Crippen LogP contribution in [0.2, 0.25) is 0 Å². The zero-order valence-corrected chi connectivity index (χ0v) is 11.4. The number of para-hydroxylation sites is 1. The van der Waals surface area contributed by atoms with E-state index in [0.29, 0.717) is 0 Å². The second kappa shape index (κ2) is 5.59. The Labute approximate surface area is 118 Å². The van der Waals surface area contributed by atoms with Crippen LogP contribution >= 0.6 is 0 Å². The smallest absolute Gasteiger partial charge is 0.227 e. The van der Waals surface area contributed by atoms with Gasteiger partial charge in [-0.05, 0) is 37.8 Å². The lowest BCUT2D eigenvalue weighted by atomic mass is 9.86. The molecule has 0 aliphatic heterocycles. The lowest BCUT2D eigenvalue weighted by molar-refractivity contribution is -0.120. The molecule has 0 spiro atoms. The molecule has 1 aromatic heterocycles. The third-order valence-electron chi connectivity index (χ3n) is 4.05. The van der Waals surface area contributed by atoms with Crippen LogP contribution in [-0.2, 0) is 4.79 Å². The van der Waals surface area contributed by atoms with Gasteiger partial charge in [0, 0.05) is 23.5 Å². The summed E-state index contributed by atoms with van der Waals surface area (Å²) < 4.78 is 0. The highest BCUT2D eigenvalue weighted by atomic mass is 16.1. The van der Waals surface area contributed by atoms with Crippen molar-refractivity contribution in [1.29, 1.82) is 0 Å². The van der Waals surface area contributed by atoms with Crippen molar-refractivity contribution in [2.75, 3.05) is 5.32 Å². The monoisotopic (exact) mass is 269 g/mol. The van der Waals surface area contributed by atoms with Crippen LogP contribution in [0.4, 0.5) is 5.69 Å². The van der Waals surface area contributed by atoms with Gasteiger partial charge in [0.2, 0.25) is 5.91 Å². The number of fused-ring (bicyclic) bond motifs is 1. The molecule has 2 aromatic rings. The van der Waals surface area contributed by atoms with E-state index in [1.807, 2.05) is 30.3 Å². The summed E-state index contributed by atoms with van der Waals surface area (Å²) in [5.74, 6) is 0.190.